The number of esters is 1. The van der Waals surface area contributed by atoms with Crippen molar-refractivity contribution in [3.63, 3.8) is 0 Å². The normalized spacial score (nSPS) is 10.3. The minimum atomic E-state index is -0.540. The maximum absolute atomic E-state index is 12.2. The highest BCUT2D eigenvalue weighted by molar-refractivity contribution is 7.18. The number of thiophene rings is 1. The molecule has 27 heavy (non-hydrogen) atoms. The van der Waals surface area contributed by atoms with E-state index in [1.165, 1.54) is 6.92 Å². The molecule has 0 spiro atoms. The number of ether oxygens (including phenoxy) is 2. The highest BCUT2D eigenvalue weighted by atomic mass is 32.1. The number of anilines is 1. The van der Waals surface area contributed by atoms with Crippen molar-refractivity contribution in [1.82, 2.24) is 0 Å². The second kappa shape index (κ2) is 9.87. The van der Waals surface area contributed by atoms with Crippen LogP contribution in [0.1, 0.15) is 52.3 Å². The summed E-state index contributed by atoms with van der Waals surface area (Å²) in [5.41, 5.74) is 0.787. The minimum absolute atomic E-state index is 0.153. The van der Waals surface area contributed by atoms with Gasteiger partial charge in [0.1, 0.15) is 10.8 Å². The van der Waals surface area contributed by atoms with Gasteiger partial charge in [0.05, 0.1) is 23.7 Å². The Bertz CT molecular complexity index is 813. The molecule has 0 saturated carbocycles. The monoisotopic (exact) mass is 389 g/mol. The lowest BCUT2D eigenvalue weighted by Crippen LogP contribution is -2.15. The quantitative estimate of drug-likeness (QED) is 0.394. The highest BCUT2D eigenvalue weighted by Gasteiger charge is 2.25. The van der Waals surface area contributed by atoms with Crippen LogP contribution in [-0.2, 0) is 9.53 Å². The van der Waals surface area contributed by atoms with Gasteiger partial charge < -0.3 is 14.8 Å². The van der Waals surface area contributed by atoms with Crippen LogP contribution in [0.4, 0.5) is 5.00 Å². The molecule has 144 valence electrons. The molecule has 2 aromatic rings. The zero-order chi connectivity index (χ0) is 19.8. The Hall–Kier alpha value is -2.67. The third kappa shape index (κ3) is 5.65. The number of carbonyl (C=O) groups is 3. The molecule has 0 aliphatic heterocycles. The molecule has 0 radical (unpaired) electrons. The van der Waals surface area contributed by atoms with Gasteiger partial charge in [0.2, 0.25) is 5.91 Å². The van der Waals surface area contributed by atoms with Crippen LogP contribution in [0.15, 0.2) is 30.3 Å². The molecular formula is C20H23NO5S. The predicted molar refractivity (Wildman–Crippen MR) is 105 cm³/mol. The fourth-order valence-electron chi connectivity index (χ4n) is 2.52. The number of nitrogens with one attached hydrogen (secondary N) is 1. The number of benzene rings is 1. The van der Waals surface area contributed by atoms with Crippen molar-refractivity contribution in [3.8, 4) is 5.75 Å². The largest absolute Gasteiger partial charge is 0.494 e. The van der Waals surface area contributed by atoms with E-state index < -0.39 is 5.97 Å². The molecule has 0 saturated heterocycles. The molecule has 0 bridgehead atoms. The summed E-state index contributed by atoms with van der Waals surface area (Å²) >= 11 is 1.10. The lowest BCUT2D eigenvalue weighted by atomic mass is 10.1. The first-order chi connectivity index (χ1) is 12.9. The second-order valence-corrected chi connectivity index (χ2v) is 6.87. The topological polar surface area (TPSA) is 81.7 Å². The fraction of sp³-hybridized carbons (Fsp3) is 0.350. The first-order valence-corrected chi connectivity index (χ1v) is 9.54. The number of Topliss-reactive ketones (excluding diaryl/α,β-unsaturated/α-hetero) is 1. The maximum atomic E-state index is 12.2. The molecule has 1 aromatic carbocycles. The van der Waals surface area contributed by atoms with Gasteiger partial charge in [-0.3, -0.25) is 9.59 Å². The van der Waals surface area contributed by atoms with E-state index in [0.717, 1.165) is 17.1 Å². The maximum Gasteiger partial charge on any atom is 0.341 e. The van der Waals surface area contributed by atoms with Crippen LogP contribution < -0.4 is 10.1 Å². The Balaban J connectivity index is 1.98. The Kier molecular flexibility index (Phi) is 7.55. The second-order valence-electron chi connectivity index (χ2n) is 5.85. The molecule has 1 amide bonds. The number of hydrogen-bond donors (Lipinski definition) is 1. The van der Waals surface area contributed by atoms with Gasteiger partial charge in [-0.1, -0.05) is 18.2 Å². The van der Waals surface area contributed by atoms with Crippen LogP contribution in [-0.4, -0.2) is 30.9 Å². The molecule has 0 atom stereocenters. The average molecular weight is 389 g/mol. The van der Waals surface area contributed by atoms with Gasteiger partial charge in [-0.25, -0.2) is 4.79 Å². The van der Waals surface area contributed by atoms with Crippen LogP contribution in [0.3, 0.4) is 0 Å². The van der Waals surface area contributed by atoms with Crippen LogP contribution in [0.25, 0.3) is 0 Å². The zero-order valence-electron chi connectivity index (χ0n) is 15.7. The van der Waals surface area contributed by atoms with Crippen molar-refractivity contribution in [2.45, 2.75) is 33.6 Å². The first kappa shape index (κ1) is 20.6. The van der Waals surface area contributed by atoms with Crippen molar-refractivity contribution >= 4 is 34.0 Å². The predicted octanol–water partition coefficient (Wildman–Crippen LogP) is 4.23. The Labute approximate surface area is 162 Å². The summed E-state index contributed by atoms with van der Waals surface area (Å²) in [5, 5.41) is 3.09. The molecule has 1 heterocycles. The molecule has 0 unspecified atom stereocenters. The molecule has 0 aliphatic rings. The van der Waals surface area contributed by atoms with E-state index in [4.69, 9.17) is 9.47 Å². The molecule has 2 rings (SSSR count). The average Bonchev–Trinajstić information content (AvgIpc) is 2.96. The van der Waals surface area contributed by atoms with Crippen LogP contribution >= 0.6 is 11.3 Å². The first-order valence-electron chi connectivity index (χ1n) is 8.73. The third-order valence-electron chi connectivity index (χ3n) is 3.76. The summed E-state index contributed by atoms with van der Waals surface area (Å²) in [6.07, 6.45) is 0.765. The summed E-state index contributed by atoms with van der Waals surface area (Å²) in [4.78, 5) is 36.7. The standard InChI is InChI=1S/C20H23NO5S/c1-4-25-20(24)17-13(2)18(14(3)22)27-19(17)21-16(23)11-8-12-26-15-9-6-5-7-10-15/h5-7,9-10H,4,8,11-12H2,1-3H3,(H,21,23). The van der Waals surface area contributed by atoms with Crippen LogP contribution in [0.2, 0.25) is 0 Å². The molecular weight excluding hydrogens is 366 g/mol. The van der Waals surface area contributed by atoms with E-state index in [1.54, 1.807) is 13.8 Å². The van der Waals surface area contributed by atoms with E-state index in [0.29, 0.717) is 28.5 Å². The number of amides is 1. The van der Waals surface area contributed by atoms with Gasteiger partial charge in [0, 0.05) is 6.42 Å². The molecule has 1 N–H and O–H groups in total. The van der Waals surface area contributed by atoms with Gasteiger partial charge in [-0.15, -0.1) is 11.3 Å². The SMILES string of the molecule is CCOC(=O)c1c(NC(=O)CCCOc2ccccc2)sc(C(C)=O)c1C. The van der Waals surface area contributed by atoms with Crippen LogP contribution in [0, 0.1) is 6.92 Å². The van der Waals surface area contributed by atoms with Gasteiger partial charge in [-0.2, -0.15) is 0 Å². The lowest BCUT2D eigenvalue weighted by Gasteiger charge is -2.08. The fourth-order valence-corrected chi connectivity index (χ4v) is 3.62. The number of carbonyl (C=O) groups excluding carboxylic acids is 3. The van der Waals surface area contributed by atoms with Crippen molar-refractivity contribution in [2.24, 2.45) is 0 Å². The molecule has 0 fully saturated rings. The highest BCUT2D eigenvalue weighted by Crippen LogP contribution is 2.34. The Morgan fingerprint density at radius 1 is 1.15 bits per heavy atom. The molecule has 7 heteroatoms. The van der Waals surface area contributed by atoms with E-state index in [-0.39, 0.29) is 30.3 Å². The number of para-hydroxylation sites is 1. The zero-order valence-corrected chi connectivity index (χ0v) is 16.5. The van der Waals surface area contributed by atoms with Gasteiger partial charge in [0.25, 0.3) is 0 Å². The van der Waals surface area contributed by atoms with Gasteiger partial charge >= 0.3 is 5.97 Å². The Morgan fingerprint density at radius 3 is 2.48 bits per heavy atom. The van der Waals surface area contributed by atoms with E-state index in [9.17, 15) is 14.4 Å². The number of rotatable bonds is 9. The number of ketones is 1. The van der Waals surface area contributed by atoms with Gasteiger partial charge in [-0.05, 0) is 44.9 Å². The summed E-state index contributed by atoms with van der Waals surface area (Å²) in [6, 6.07) is 9.36. The molecule has 0 aliphatic carbocycles. The Morgan fingerprint density at radius 2 is 1.85 bits per heavy atom. The molecule has 1 aromatic heterocycles. The number of hydrogen-bond acceptors (Lipinski definition) is 6. The van der Waals surface area contributed by atoms with Gasteiger partial charge in [0.15, 0.2) is 5.78 Å². The van der Waals surface area contributed by atoms with Crippen molar-refractivity contribution in [2.75, 3.05) is 18.5 Å². The van der Waals surface area contributed by atoms with Crippen LogP contribution in [0.5, 0.6) is 5.75 Å². The lowest BCUT2D eigenvalue weighted by molar-refractivity contribution is -0.116. The van der Waals surface area contributed by atoms with Crippen molar-refractivity contribution in [3.05, 3.63) is 46.3 Å². The summed E-state index contributed by atoms with van der Waals surface area (Å²) < 4.78 is 10.6. The van der Waals surface area contributed by atoms with E-state index >= 15 is 0 Å². The van der Waals surface area contributed by atoms with Crippen molar-refractivity contribution in [1.29, 1.82) is 0 Å². The summed E-state index contributed by atoms with van der Waals surface area (Å²) in [6.45, 7) is 5.44. The summed E-state index contributed by atoms with van der Waals surface area (Å²) in [5.74, 6) is -0.183. The third-order valence-corrected chi connectivity index (χ3v) is 5.07. The van der Waals surface area contributed by atoms with Crippen molar-refractivity contribution < 1.29 is 23.9 Å². The molecule has 6 nitrogen and oxygen atoms in total. The van der Waals surface area contributed by atoms with E-state index in [1.807, 2.05) is 30.3 Å². The van der Waals surface area contributed by atoms with E-state index in [2.05, 4.69) is 5.32 Å². The smallest absolute Gasteiger partial charge is 0.341 e. The summed E-state index contributed by atoms with van der Waals surface area (Å²) in [7, 11) is 0. The minimum Gasteiger partial charge on any atom is -0.494 e.